The van der Waals surface area contributed by atoms with E-state index in [0.717, 1.165) is 17.7 Å². The lowest BCUT2D eigenvalue weighted by molar-refractivity contribution is -0.384. The molecule has 0 amide bonds. The first kappa shape index (κ1) is 14.0. The Balaban J connectivity index is 1.77. The van der Waals surface area contributed by atoms with Gasteiger partial charge in [0, 0.05) is 23.7 Å². The van der Waals surface area contributed by atoms with E-state index in [1.165, 1.54) is 11.1 Å². The van der Waals surface area contributed by atoms with Gasteiger partial charge in [-0.15, -0.1) is 0 Å². The van der Waals surface area contributed by atoms with Crippen LogP contribution < -0.4 is 5.32 Å². The number of rotatable bonds is 2. The molecular formula is C19H18N2O2. The van der Waals surface area contributed by atoms with Crippen molar-refractivity contribution < 1.29 is 4.92 Å². The summed E-state index contributed by atoms with van der Waals surface area (Å²) in [5.74, 6) is 0.657. The highest BCUT2D eigenvalue weighted by molar-refractivity contribution is 5.62. The number of anilines is 1. The third kappa shape index (κ3) is 2.31. The minimum Gasteiger partial charge on any atom is -0.378 e. The summed E-state index contributed by atoms with van der Waals surface area (Å²) in [6.07, 6.45) is 5.40. The summed E-state index contributed by atoms with van der Waals surface area (Å²) in [7, 11) is 0. The molecule has 2 aliphatic rings. The van der Waals surface area contributed by atoms with Crippen molar-refractivity contribution in [1.82, 2.24) is 0 Å². The van der Waals surface area contributed by atoms with Gasteiger partial charge in [0.2, 0.25) is 0 Å². The number of hydrogen-bond acceptors (Lipinski definition) is 3. The fraction of sp³-hybridized carbons (Fsp3) is 0.263. The number of non-ortho nitro benzene ring substituents is 1. The second-order valence-electron chi connectivity index (χ2n) is 6.41. The number of hydrogen-bond donors (Lipinski definition) is 1. The number of nitrogens with one attached hydrogen (secondary N) is 1. The smallest absolute Gasteiger partial charge is 0.269 e. The van der Waals surface area contributed by atoms with Gasteiger partial charge in [-0.05, 0) is 36.5 Å². The van der Waals surface area contributed by atoms with E-state index in [4.69, 9.17) is 0 Å². The summed E-state index contributed by atoms with van der Waals surface area (Å²) in [5.41, 5.74) is 4.74. The fourth-order valence-electron chi connectivity index (χ4n) is 3.80. The van der Waals surface area contributed by atoms with Crippen LogP contribution in [-0.4, -0.2) is 4.92 Å². The maximum absolute atomic E-state index is 11.1. The summed E-state index contributed by atoms with van der Waals surface area (Å²) in [6.45, 7) is 2.09. The highest BCUT2D eigenvalue weighted by Crippen LogP contribution is 2.50. The first-order valence-electron chi connectivity index (χ1n) is 7.91. The maximum Gasteiger partial charge on any atom is 0.269 e. The third-order valence-corrected chi connectivity index (χ3v) is 4.99. The van der Waals surface area contributed by atoms with E-state index in [-0.39, 0.29) is 22.6 Å². The van der Waals surface area contributed by atoms with Gasteiger partial charge in [-0.2, -0.15) is 0 Å². The number of nitrogens with zero attached hydrogens (tertiary/aromatic N) is 1. The van der Waals surface area contributed by atoms with Crippen molar-refractivity contribution in [3.63, 3.8) is 0 Å². The Bertz CT molecular complexity index is 796. The maximum atomic E-state index is 11.1. The topological polar surface area (TPSA) is 55.2 Å². The molecule has 0 aromatic heterocycles. The van der Waals surface area contributed by atoms with Crippen molar-refractivity contribution in [2.24, 2.45) is 5.92 Å². The van der Waals surface area contributed by atoms with Crippen LogP contribution in [0.2, 0.25) is 0 Å². The molecule has 1 N–H and O–H groups in total. The molecule has 0 bridgehead atoms. The van der Waals surface area contributed by atoms with Gasteiger partial charge in [0.25, 0.3) is 5.69 Å². The molecule has 0 spiro atoms. The molecule has 2 aromatic carbocycles. The number of benzene rings is 2. The molecule has 3 atom stereocenters. The lowest BCUT2D eigenvalue weighted by Gasteiger charge is -2.37. The van der Waals surface area contributed by atoms with Crippen molar-refractivity contribution in [3.8, 4) is 0 Å². The minimum absolute atomic E-state index is 0.165. The SMILES string of the molecule is Cc1ccc([C@@H]2Nc3ccc([N+](=O)[O-])cc3[C@@H]3C=CC[C@@H]32)cc1. The van der Waals surface area contributed by atoms with Crippen LogP contribution in [0.25, 0.3) is 0 Å². The van der Waals surface area contributed by atoms with Crippen LogP contribution in [0.5, 0.6) is 0 Å². The number of aryl methyl sites for hydroxylation is 1. The van der Waals surface area contributed by atoms with Crippen molar-refractivity contribution in [1.29, 1.82) is 0 Å². The van der Waals surface area contributed by atoms with E-state index < -0.39 is 0 Å². The molecule has 4 nitrogen and oxygen atoms in total. The zero-order chi connectivity index (χ0) is 16.0. The molecule has 0 fully saturated rings. The molecule has 116 valence electrons. The van der Waals surface area contributed by atoms with Gasteiger partial charge in [0.15, 0.2) is 0 Å². The monoisotopic (exact) mass is 306 g/mol. The standard InChI is InChI=1S/C19H18N2O2/c1-12-5-7-13(8-6-12)19-16-4-2-3-15(16)17-11-14(21(22)23)9-10-18(17)20-19/h2-3,5-11,15-16,19-20H,4H2,1H3/t15-,16+,19+/m1/s1. The summed E-state index contributed by atoms with van der Waals surface area (Å²) >= 11 is 0. The Labute approximate surface area is 135 Å². The van der Waals surface area contributed by atoms with Crippen LogP contribution in [0.4, 0.5) is 11.4 Å². The van der Waals surface area contributed by atoms with Crippen LogP contribution in [-0.2, 0) is 0 Å². The molecule has 0 saturated carbocycles. The number of allylic oxidation sites excluding steroid dienone is 2. The molecule has 0 saturated heterocycles. The minimum atomic E-state index is -0.319. The van der Waals surface area contributed by atoms with Crippen molar-refractivity contribution in [2.45, 2.75) is 25.3 Å². The molecular weight excluding hydrogens is 288 g/mol. The summed E-state index contributed by atoms with van der Waals surface area (Å²) in [4.78, 5) is 10.7. The molecule has 0 radical (unpaired) electrons. The Kier molecular flexibility index (Phi) is 3.18. The Hall–Kier alpha value is -2.62. The van der Waals surface area contributed by atoms with Crippen molar-refractivity contribution in [3.05, 3.63) is 81.4 Å². The molecule has 1 heterocycles. The van der Waals surface area contributed by atoms with Gasteiger partial charge < -0.3 is 5.32 Å². The van der Waals surface area contributed by atoms with E-state index in [1.807, 2.05) is 6.07 Å². The average Bonchev–Trinajstić information content (AvgIpc) is 3.04. The summed E-state index contributed by atoms with van der Waals surface area (Å²) in [6, 6.07) is 14.0. The van der Waals surface area contributed by atoms with Crippen molar-refractivity contribution in [2.75, 3.05) is 5.32 Å². The zero-order valence-electron chi connectivity index (χ0n) is 12.9. The van der Waals surface area contributed by atoms with E-state index >= 15 is 0 Å². The molecule has 4 heteroatoms. The van der Waals surface area contributed by atoms with Crippen LogP contribution >= 0.6 is 0 Å². The second-order valence-corrected chi connectivity index (χ2v) is 6.41. The fourth-order valence-corrected chi connectivity index (χ4v) is 3.80. The van der Waals surface area contributed by atoms with Gasteiger partial charge in [-0.25, -0.2) is 0 Å². The van der Waals surface area contributed by atoms with Gasteiger partial charge in [-0.1, -0.05) is 42.0 Å². The molecule has 23 heavy (non-hydrogen) atoms. The number of nitro groups is 1. The Morgan fingerprint density at radius 1 is 1.17 bits per heavy atom. The van der Waals surface area contributed by atoms with E-state index in [2.05, 4.69) is 48.7 Å². The summed E-state index contributed by atoms with van der Waals surface area (Å²) in [5, 5.41) is 14.7. The summed E-state index contributed by atoms with van der Waals surface area (Å²) < 4.78 is 0. The second kappa shape index (κ2) is 5.23. The molecule has 1 aliphatic carbocycles. The first-order chi connectivity index (χ1) is 11.1. The van der Waals surface area contributed by atoms with Gasteiger partial charge in [0.1, 0.15) is 0 Å². The molecule has 2 aromatic rings. The van der Waals surface area contributed by atoms with Crippen LogP contribution in [0, 0.1) is 23.0 Å². The van der Waals surface area contributed by atoms with Crippen LogP contribution in [0.15, 0.2) is 54.6 Å². The van der Waals surface area contributed by atoms with Gasteiger partial charge in [-0.3, -0.25) is 10.1 Å². The average molecular weight is 306 g/mol. The van der Waals surface area contributed by atoms with E-state index in [9.17, 15) is 10.1 Å². The third-order valence-electron chi connectivity index (χ3n) is 4.99. The Morgan fingerprint density at radius 3 is 2.70 bits per heavy atom. The van der Waals surface area contributed by atoms with Crippen LogP contribution in [0.3, 0.4) is 0 Å². The lowest BCUT2D eigenvalue weighted by atomic mass is 9.77. The van der Waals surface area contributed by atoms with E-state index in [1.54, 1.807) is 12.1 Å². The van der Waals surface area contributed by atoms with Gasteiger partial charge in [0.05, 0.1) is 11.0 Å². The lowest BCUT2D eigenvalue weighted by Crippen LogP contribution is -2.29. The quantitative estimate of drug-likeness (QED) is 0.496. The van der Waals surface area contributed by atoms with E-state index in [0.29, 0.717) is 5.92 Å². The Morgan fingerprint density at radius 2 is 1.96 bits per heavy atom. The molecule has 1 aliphatic heterocycles. The molecule has 4 rings (SSSR count). The highest BCUT2D eigenvalue weighted by Gasteiger charge is 2.38. The molecule has 0 unspecified atom stereocenters. The van der Waals surface area contributed by atoms with Gasteiger partial charge >= 0.3 is 0 Å². The van der Waals surface area contributed by atoms with Crippen molar-refractivity contribution >= 4 is 11.4 Å². The normalized spacial score (nSPS) is 24.7. The number of fused-ring (bicyclic) bond motifs is 3. The largest absolute Gasteiger partial charge is 0.378 e. The zero-order valence-corrected chi connectivity index (χ0v) is 12.9. The predicted octanol–water partition coefficient (Wildman–Crippen LogP) is 4.73. The predicted molar refractivity (Wildman–Crippen MR) is 90.6 cm³/mol. The first-order valence-corrected chi connectivity index (χ1v) is 7.91. The highest BCUT2D eigenvalue weighted by atomic mass is 16.6. The van der Waals surface area contributed by atoms with Crippen LogP contribution in [0.1, 0.15) is 35.1 Å². The number of nitro benzene ring substituents is 1.